The van der Waals surface area contributed by atoms with E-state index < -0.39 is 0 Å². The number of halogens is 1. The lowest BCUT2D eigenvalue weighted by molar-refractivity contribution is -0.917. The van der Waals surface area contributed by atoms with Crippen LogP contribution in [0.1, 0.15) is 35.0 Å². The molecule has 1 fully saturated rings. The highest BCUT2D eigenvalue weighted by atomic mass is 35.5. The van der Waals surface area contributed by atoms with E-state index >= 15 is 0 Å². The number of aromatic nitrogens is 3. The molecule has 136 valence electrons. The summed E-state index contributed by atoms with van der Waals surface area (Å²) in [6.07, 6.45) is 2.44. The van der Waals surface area contributed by atoms with Crippen molar-refractivity contribution in [3.63, 3.8) is 0 Å². The maximum absolute atomic E-state index is 6.04. The van der Waals surface area contributed by atoms with E-state index in [9.17, 15) is 0 Å². The highest BCUT2D eigenvalue weighted by Crippen LogP contribution is 2.39. The topological polar surface area (TPSA) is 27.2 Å². The van der Waals surface area contributed by atoms with Gasteiger partial charge in [-0.05, 0) is 42.8 Å². The molecule has 0 saturated heterocycles. The molecule has 2 heterocycles. The Morgan fingerprint density at radius 1 is 1.23 bits per heavy atom. The van der Waals surface area contributed by atoms with Gasteiger partial charge in [0, 0.05) is 5.92 Å². The second-order valence-electron chi connectivity index (χ2n) is 6.98. The average molecular weight is 406 g/mol. The number of nitrogens with zero attached hydrogens (tertiary/aromatic N) is 3. The normalized spacial score (nSPS) is 15.3. The molecule has 0 spiro atoms. The van der Waals surface area contributed by atoms with Crippen LogP contribution in [0.3, 0.4) is 0 Å². The standard InChI is InChI=1S/C19H21ClN4S2/c1-22(12-16-9-10-17(20)26-16)13-24-19(25)23(18(21-24)15-7-8-15)11-14-5-3-2-4-6-14/h2-6,9-10,15H,7-8,11-13H2,1H3/p+1. The van der Waals surface area contributed by atoms with Gasteiger partial charge in [0.05, 0.1) is 22.8 Å². The van der Waals surface area contributed by atoms with E-state index in [-0.39, 0.29) is 0 Å². The van der Waals surface area contributed by atoms with Gasteiger partial charge in [-0.25, -0.2) is 0 Å². The fourth-order valence-electron chi connectivity index (χ4n) is 3.17. The summed E-state index contributed by atoms with van der Waals surface area (Å²) in [5, 5.41) is 4.89. The van der Waals surface area contributed by atoms with E-state index in [0.29, 0.717) is 5.92 Å². The molecule has 1 aromatic carbocycles. The second kappa shape index (κ2) is 7.64. The van der Waals surface area contributed by atoms with Gasteiger partial charge in [0.25, 0.3) is 0 Å². The minimum absolute atomic E-state index is 0.568. The Labute approximate surface area is 167 Å². The van der Waals surface area contributed by atoms with Gasteiger partial charge in [-0.1, -0.05) is 41.9 Å². The lowest BCUT2D eigenvalue weighted by Gasteiger charge is -2.12. The Morgan fingerprint density at radius 3 is 2.65 bits per heavy atom. The van der Waals surface area contributed by atoms with Gasteiger partial charge in [-0.15, -0.1) is 11.3 Å². The first-order valence-electron chi connectivity index (χ1n) is 8.87. The van der Waals surface area contributed by atoms with Crippen LogP contribution in [-0.2, 0) is 19.8 Å². The van der Waals surface area contributed by atoms with Crippen molar-refractivity contribution >= 4 is 35.2 Å². The molecule has 1 aliphatic rings. The SMILES string of the molecule is C[NH+](Cc1ccc(Cl)s1)Cn1nc(C2CC2)n(Cc2ccccc2)c1=S. The van der Waals surface area contributed by atoms with E-state index in [4.69, 9.17) is 28.9 Å². The fraction of sp³-hybridized carbons (Fsp3) is 0.368. The summed E-state index contributed by atoms with van der Waals surface area (Å²) in [4.78, 5) is 2.62. The molecular weight excluding hydrogens is 384 g/mol. The van der Waals surface area contributed by atoms with E-state index in [2.05, 4.69) is 41.9 Å². The number of quaternary nitrogens is 1. The maximum Gasteiger partial charge on any atom is 0.203 e. The first-order chi connectivity index (χ1) is 12.6. The van der Waals surface area contributed by atoms with E-state index in [1.807, 2.05) is 16.8 Å². The highest BCUT2D eigenvalue weighted by Gasteiger charge is 2.30. The van der Waals surface area contributed by atoms with Crippen LogP contribution >= 0.6 is 35.2 Å². The molecule has 1 saturated carbocycles. The van der Waals surface area contributed by atoms with Crippen molar-refractivity contribution in [1.82, 2.24) is 14.3 Å². The third-order valence-electron chi connectivity index (χ3n) is 4.60. The summed E-state index contributed by atoms with van der Waals surface area (Å²) in [6.45, 7) is 2.48. The summed E-state index contributed by atoms with van der Waals surface area (Å²) >= 11 is 13.5. The van der Waals surface area contributed by atoms with Crippen molar-refractivity contribution in [3.05, 3.63) is 67.8 Å². The molecule has 4 rings (SSSR count). The monoisotopic (exact) mass is 405 g/mol. The van der Waals surface area contributed by atoms with Crippen LogP contribution in [-0.4, -0.2) is 21.4 Å². The minimum Gasteiger partial charge on any atom is -0.314 e. The number of benzene rings is 1. The zero-order chi connectivity index (χ0) is 18.1. The summed E-state index contributed by atoms with van der Waals surface area (Å²) < 4.78 is 5.88. The fourth-order valence-corrected chi connectivity index (χ4v) is 4.64. The second-order valence-corrected chi connectivity index (χ2v) is 9.15. The van der Waals surface area contributed by atoms with Gasteiger partial charge in [-0.2, -0.15) is 9.78 Å². The van der Waals surface area contributed by atoms with Crippen LogP contribution in [0.2, 0.25) is 4.34 Å². The van der Waals surface area contributed by atoms with Crippen molar-refractivity contribution < 1.29 is 4.90 Å². The first-order valence-corrected chi connectivity index (χ1v) is 10.5. The zero-order valence-electron chi connectivity index (χ0n) is 14.7. The molecule has 1 unspecified atom stereocenters. The molecule has 0 bridgehead atoms. The third kappa shape index (κ3) is 4.09. The predicted octanol–water partition coefficient (Wildman–Crippen LogP) is 3.73. The van der Waals surface area contributed by atoms with Crippen molar-refractivity contribution in [2.45, 2.75) is 38.5 Å². The van der Waals surface area contributed by atoms with Crippen LogP contribution in [0.25, 0.3) is 0 Å². The Kier molecular flexibility index (Phi) is 5.27. The van der Waals surface area contributed by atoms with Crippen molar-refractivity contribution in [2.24, 2.45) is 0 Å². The lowest BCUT2D eigenvalue weighted by atomic mass is 10.2. The summed E-state index contributed by atoms with van der Waals surface area (Å²) in [5.74, 6) is 1.71. The maximum atomic E-state index is 6.04. The van der Waals surface area contributed by atoms with E-state index in [1.165, 1.54) is 28.2 Å². The van der Waals surface area contributed by atoms with Gasteiger partial charge in [0.2, 0.25) is 4.77 Å². The van der Waals surface area contributed by atoms with Crippen LogP contribution in [0.5, 0.6) is 0 Å². The van der Waals surface area contributed by atoms with Gasteiger partial charge in [-0.3, -0.25) is 4.57 Å². The van der Waals surface area contributed by atoms with E-state index in [0.717, 1.165) is 34.7 Å². The third-order valence-corrected chi connectivity index (χ3v) is 6.26. The Bertz CT molecular complexity index is 940. The quantitative estimate of drug-likeness (QED) is 0.606. The predicted molar refractivity (Wildman–Crippen MR) is 108 cm³/mol. The van der Waals surface area contributed by atoms with Crippen LogP contribution in [0.15, 0.2) is 42.5 Å². The molecule has 7 heteroatoms. The van der Waals surface area contributed by atoms with Crippen LogP contribution in [0, 0.1) is 4.77 Å². The van der Waals surface area contributed by atoms with Crippen molar-refractivity contribution in [2.75, 3.05) is 7.05 Å². The molecule has 1 N–H and O–H groups in total. The highest BCUT2D eigenvalue weighted by molar-refractivity contribution is 7.71. The number of hydrogen-bond acceptors (Lipinski definition) is 3. The van der Waals surface area contributed by atoms with Gasteiger partial charge >= 0.3 is 0 Å². The molecule has 1 atom stereocenters. The smallest absolute Gasteiger partial charge is 0.203 e. The molecule has 26 heavy (non-hydrogen) atoms. The van der Waals surface area contributed by atoms with Gasteiger partial charge < -0.3 is 4.90 Å². The molecule has 1 aliphatic carbocycles. The number of nitrogens with one attached hydrogen (secondary N) is 1. The Hall–Kier alpha value is -1.47. The number of rotatable bonds is 7. The van der Waals surface area contributed by atoms with Crippen molar-refractivity contribution in [1.29, 1.82) is 0 Å². The largest absolute Gasteiger partial charge is 0.314 e. The van der Waals surface area contributed by atoms with E-state index in [1.54, 1.807) is 11.3 Å². The molecular formula is C19H22ClN4S2+. The average Bonchev–Trinajstić information content (AvgIpc) is 3.33. The molecule has 2 aromatic heterocycles. The minimum atomic E-state index is 0.568. The van der Waals surface area contributed by atoms with Crippen LogP contribution < -0.4 is 4.90 Å². The first kappa shape index (κ1) is 17.9. The molecule has 4 nitrogen and oxygen atoms in total. The molecule has 0 aliphatic heterocycles. The van der Waals surface area contributed by atoms with Gasteiger partial charge in [0.1, 0.15) is 12.4 Å². The zero-order valence-corrected chi connectivity index (χ0v) is 17.1. The number of hydrogen-bond donors (Lipinski definition) is 1. The van der Waals surface area contributed by atoms with Crippen LogP contribution in [0.4, 0.5) is 0 Å². The Balaban J connectivity index is 1.54. The summed E-state index contributed by atoms with van der Waals surface area (Å²) in [5.41, 5.74) is 1.26. The van der Waals surface area contributed by atoms with Crippen molar-refractivity contribution in [3.8, 4) is 0 Å². The summed E-state index contributed by atoms with van der Waals surface area (Å²) in [7, 11) is 2.17. The molecule has 3 aromatic rings. The molecule has 0 amide bonds. The Morgan fingerprint density at radius 2 is 2.00 bits per heavy atom. The number of thiophene rings is 1. The lowest BCUT2D eigenvalue weighted by Crippen LogP contribution is -3.06. The van der Waals surface area contributed by atoms with Gasteiger partial charge in [0.15, 0.2) is 6.67 Å². The molecule has 0 radical (unpaired) electrons. The summed E-state index contributed by atoms with van der Waals surface area (Å²) in [6, 6.07) is 14.5.